The number of hydrogen-bond acceptors (Lipinski definition) is 3. The molecule has 5 rings (SSSR count). The summed E-state index contributed by atoms with van der Waals surface area (Å²) in [5, 5.41) is 2.83. The Morgan fingerprint density at radius 3 is 2.48 bits per heavy atom. The van der Waals surface area contributed by atoms with E-state index in [0.29, 0.717) is 6.54 Å². The first-order valence-electron chi connectivity index (χ1n) is 11.1. The van der Waals surface area contributed by atoms with Crippen molar-refractivity contribution in [3.05, 3.63) is 86.8 Å². The zero-order chi connectivity index (χ0) is 21.6. The van der Waals surface area contributed by atoms with Gasteiger partial charge in [0.25, 0.3) is 5.56 Å². The monoisotopic (exact) mass is 428 g/mol. The number of hydrogen-bond donors (Lipinski definition) is 0. The molecule has 4 heteroatoms. The first kappa shape index (κ1) is 20.2. The highest BCUT2D eigenvalue weighted by Gasteiger charge is 2.17. The molecule has 0 fully saturated rings. The van der Waals surface area contributed by atoms with Gasteiger partial charge < -0.3 is 0 Å². The second-order valence-corrected chi connectivity index (χ2v) is 10.5. The van der Waals surface area contributed by atoms with Gasteiger partial charge in [-0.2, -0.15) is 0 Å². The Hall–Kier alpha value is -2.72. The highest BCUT2D eigenvalue weighted by molar-refractivity contribution is 7.17. The fraction of sp³-hybridized carbons (Fsp3) is 0.333. The molecule has 4 aromatic rings. The second kappa shape index (κ2) is 7.76. The van der Waals surface area contributed by atoms with E-state index in [2.05, 4.69) is 73.6 Å². The molecule has 1 aliphatic carbocycles. The Kier molecular flexibility index (Phi) is 5.05. The molecule has 2 heterocycles. The molecule has 0 radical (unpaired) electrons. The Morgan fingerprint density at radius 2 is 1.74 bits per heavy atom. The van der Waals surface area contributed by atoms with Crippen LogP contribution in [0.5, 0.6) is 0 Å². The zero-order valence-electron chi connectivity index (χ0n) is 18.4. The standard InChI is InChI=1S/C27H28N2OS/c1-27(2,3)22-12-8-18(9-13-22)15-29-17-28-25-24(26(29)30)23(16-31-25)21-11-10-19-6-4-5-7-20(19)14-21/h8-14,16-17H,4-7,15H2,1-3H3. The van der Waals surface area contributed by atoms with Gasteiger partial charge in [0.1, 0.15) is 4.83 Å². The second-order valence-electron chi connectivity index (χ2n) is 9.64. The van der Waals surface area contributed by atoms with Gasteiger partial charge in [0, 0.05) is 10.9 Å². The molecule has 0 atom stereocenters. The Balaban J connectivity index is 1.52. The molecule has 0 saturated heterocycles. The molecule has 0 N–H and O–H groups in total. The van der Waals surface area contributed by atoms with E-state index in [1.807, 2.05) is 0 Å². The van der Waals surface area contributed by atoms with Crippen LogP contribution in [0.15, 0.2) is 59.0 Å². The van der Waals surface area contributed by atoms with E-state index < -0.39 is 0 Å². The quantitative estimate of drug-likeness (QED) is 0.381. The SMILES string of the molecule is CC(C)(C)c1ccc(Cn2cnc3scc(-c4ccc5c(c4)CCCC5)c3c2=O)cc1. The van der Waals surface area contributed by atoms with E-state index >= 15 is 0 Å². The van der Waals surface area contributed by atoms with Crippen molar-refractivity contribution in [3.8, 4) is 11.1 Å². The van der Waals surface area contributed by atoms with Crippen molar-refractivity contribution in [2.45, 2.75) is 58.4 Å². The highest BCUT2D eigenvalue weighted by atomic mass is 32.1. The van der Waals surface area contributed by atoms with Crippen molar-refractivity contribution in [1.29, 1.82) is 0 Å². The maximum Gasteiger partial charge on any atom is 0.263 e. The number of aromatic nitrogens is 2. The molecule has 2 aromatic carbocycles. The number of aryl methyl sites for hydroxylation is 2. The van der Waals surface area contributed by atoms with Gasteiger partial charge in [-0.15, -0.1) is 11.3 Å². The lowest BCUT2D eigenvalue weighted by Gasteiger charge is -2.19. The van der Waals surface area contributed by atoms with Crippen LogP contribution in [0.2, 0.25) is 0 Å². The largest absolute Gasteiger partial charge is 0.294 e. The zero-order valence-corrected chi connectivity index (χ0v) is 19.3. The number of rotatable bonds is 3. The van der Waals surface area contributed by atoms with Gasteiger partial charge in [0.2, 0.25) is 0 Å². The van der Waals surface area contributed by atoms with Crippen LogP contribution in [0.1, 0.15) is 55.9 Å². The average molecular weight is 429 g/mol. The molecule has 0 amide bonds. The molecule has 0 bridgehead atoms. The fourth-order valence-electron chi connectivity index (χ4n) is 4.50. The van der Waals surface area contributed by atoms with Crippen molar-refractivity contribution in [3.63, 3.8) is 0 Å². The minimum absolute atomic E-state index is 0.0406. The van der Waals surface area contributed by atoms with Crippen LogP contribution in [-0.4, -0.2) is 9.55 Å². The van der Waals surface area contributed by atoms with Gasteiger partial charge in [-0.1, -0.05) is 63.2 Å². The molecule has 0 aliphatic heterocycles. The highest BCUT2D eigenvalue weighted by Crippen LogP contribution is 2.33. The van der Waals surface area contributed by atoms with Gasteiger partial charge in [0.15, 0.2) is 0 Å². The smallest absolute Gasteiger partial charge is 0.263 e. The van der Waals surface area contributed by atoms with Gasteiger partial charge in [-0.05, 0) is 58.9 Å². The topological polar surface area (TPSA) is 34.9 Å². The van der Waals surface area contributed by atoms with Crippen molar-refractivity contribution in [2.75, 3.05) is 0 Å². The molecular formula is C27H28N2OS. The number of thiophene rings is 1. The van der Waals surface area contributed by atoms with E-state index in [-0.39, 0.29) is 11.0 Å². The molecule has 3 nitrogen and oxygen atoms in total. The van der Waals surface area contributed by atoms with Gasteiger partial charge in [-0.3, -0.25) is 9.36 Å². The summed E-state index contributed by atoms with van der Waals surface area (Å²) in [7, 11) is 0. The first-order chi connectivity index (χ1) is 14.9. The average Bonchev–Trinajstić information content (AvgIpc) is 3.20. The lowest BCUT2D eigenvalue weighted by atomic mass is 9.87. The van der Waals surface area contributed by atoms with E-state index in [1.54, 1.807) is 22.2 Å². The number of fused-ring (bicyclic) bond motifs is 2. The first-order valence-corrected chi connectivity index (χ1v) is 12.0. The summed E-state index contributed by atoms with van der Waals surface area (Å²) in [6.45, 7) is 7.17. The summed E-state index contributed by atoms with van der Waals surface area (Å²) in [4.78, 5) is 18.9. The third-order valence-corrected chi connectivity index (χ3v) is 7.28. The van der Waals surface area contributed by atoms with Gasteiger partial charge in [-0.25, -0.2) is 4.98 Å². The predicted octanol–water partition coefficient (Wildman–Crippen LogP) is 6.35. The lowest BCUT2D eigenvalue weighted by Crippen LogP contribution is -2.21. The van der Waals surface area contributed by atoms with E-state index in [1.165, 1.54) is 36.0 Å². The lowest BCUT2D eigenvalue weighted by molar-refractivity contribution is 0.589. The fourth-order valence-corrected chi connectivity index (χ4v) is 5.41. The molecule has 0 saturated carbocycles. The molecule has 31 heavy (non-hydrogen) atoms. The van der Waals surface area contributed by atoms with Crippen LogP contribution in [0.25, 0.3) is 21.3 Å². The Morgan fingerprint density at radius 1 is 1.00 bits per heavy atom. The van der Waals surface area contributed by atoms with Crippen LogP contribution in [0.4, 0.5) is 0 Å². The number of nitrogens with zero attached hydrogens (tertiary/aromatic N) is 2. The van der Waals surface area contributed by atoms with Crippen LogP contribution >= 0.6 is 11.3 Å². The van der Waals surface area contributed by atoms with E-state index in [0.717, 1.165) is 33.3 Å². The minimum Gasteiger partial charge on any atom is -0.294 e. The summed E-state index contributed by atoms with van der Waals surface area (Å²) < 4.78 is 1.74. The number of benzene rings is 2. The summed E-state index contributed by atoms with van der Waals surface area (Å²) in [5.74, 6) is 0. The molecule has 2 aromatic heterocycles. The minimum atomic E-state index is 0.0406. The molecule has 158 valence electrons. The third kappa shape index (κ3) is 3.85. The van der Waals surface area contributed by atoms with Crippen molar-refractivity contribution < 1.29 is 0 Å². The predicted molar refractivity (Wildman–Crippen MR) is 130 cm³/mol. The summed E-state index contributed by atoms with van der Waals surface area (Å²) >= 11 is 1.56. The van der Waals surface area contributed by atoms with Crippen LogP contribution in [0, 0.1) is 0 Å². The van der Waals surface area contributed by atoms with Crippen molar-refractivity contribution >= 4 is 21.6 Å². The van der Waals surface area contributed by atoms with Crippen molar-refractivity contribution in [1.82, 2.24) is 9.55 Å². The maximum atomic E-state index is 13.4. The van der Waals surface area contributed by atoms with Crippen molar-refractivity contribution in [2.24, 2.45) is 0 Å². The molecule has 0 spiro atoms. The Bertz CT molecular complexity index is 1310. The maximum absolute atomic E-state index is 13.4. The van der Waals surface area contributed by atoms with Crippen LogP contribution in [0.3, 0.4) is 0 Å². The van der Waals surface area contributed by atoms with Crippen LogP contribution < -0.4 is 5.56 Å². The molecule has 0 unspecified atom stereocenters. The normalized spacial score (nSPS) is 14.0. The molecule has 1 aliphatic rings. The summed E-state index contributed by atoms with van der Waals surface area (Å²) in [6.07, 6.45) is 6.53. The van der Waals surface area contributed by atoms with E-state index in [4.69, 9.17) is 0 Å². The molecular weight excluding hydrogens is 400 g/mol. The Labute approximate surface area is 187 Å². The van der Waals surface area contributed by atoms with Gasteiger partial charge >= 0.3 is 0 Å². The summed E-state index contributed by atoms with van der Waals surface area (Å²) in [5.41, 5.74) is 7.62. The third-order valence-electron chi connectivity index (χ3n) is 6.39. The summed E-state index contributed by atoms with van der Waals surface area (Å²) in [6, 6.07) is 15.3. The van der Waals surface area contributed by atoms with Gasteiger partial charge in [0.05, 0.1) is 18.3 Å². The van der Waals surface area contributed by atoms with Crippen LogP contribution in [-0.2, 0) is 24.8 Å². The van der Waals surface area contributed by atoms with E-state index in [9.17, 15) is 4.79 Å².